The molecule has 0 spiro atoms. The van der Waals surface area contributed by atoms with E-state index in [9.17, 15) is 0 Å². The Balaban J connectivity index is 2.51. The second-order valence-corrected chi connectivity index (χ2v) is 21.2. The first kappa shape index (κ1) is 55.3. The van der Waals surface area contributed by atoms with Gasteiger partial charge in [0.05, 0.1) is 0 Å². The van der Waals surface area contributed by atoms with Crippen molar-refractivity contribution < 1.29 is 0 Å². The quantitative estimate of drug-likeness (QED) is 0.0474. The molecule has 0 amide bonds. The molecule has 0 heterocycles. The summed E-state index contributed by atoms with van der Waals surface area (Å²) in [5.74, 6) is 3.84. The fraction of sp³-hybridized carbons (Fsp3) is 0.870. The van der Waals surface area contributed by atoms with Crippen LogP contribution in [0.1, 0.15) is 283 Å². The van der Waals surface area contributed by atoms with E-state index < -0.39 is 0 Å². The second-order valence-electron chi connectivity index (χ2n) is 17.8. The Hall–Kier alpha value is 0.270. The molecule has 0 aliphatic heterocycles. The number of thioether (sulfide) groups is 3. The van der Waals surface area contributed by atoms with E-state index in [4.69, 9.17) is 0 Å². The van der Waals surface area contributed by atoms with Gasteiger partial charge >= 0.3 is 0 Å². The zero-order valence-electron chi connectivity index (χ0n) is 39.2. The Morgan fingerprint density at radius 1 is 0.316 bits per heavy atom. The van der Waals surface area contributed by atoms with Gasteiger partial charge in [0.2, 0.25) is 0 Å². The van der Waals surface area contributed by atoms with E-state index in [0.717, 1.165) is 12.8 Å². The number of hydrogen-bond acceptors (Lipinski definition) is 3. The third-order valence-electron chi connectivity index (χ3n) is 12.1. The molecule has 0 fully saturated rings. The summed E-state index contributed by atoms with van der Waals surface area (Å²) in [6, 6.07) is 5.14. The fourth-order valence-electron chi connectivity index (χ4n) is 8.23. The summed E-state index contributed by atoms with van der Waals surface area (Å²) in [4.78, 5) is 4.81. The minimum atomic E-state index is 0.997. The Bertz CT molecular complexity index is 875. The van der Waals surface area contributed by atoms with Crippen LogP contribution in [0, 0.1) is 6.92 Å². The lowest BCUT2D eigenvalue weighted by Gasteiger charge is -2.17. The Kier molecular flexibility index (Phi) is 44.4. The molecular formula is C54H101S3. The van der Waals surface area contributed by atoms with Crippen molar-refractivity contribution in [3.05, 3.63) is 24.6 Å². The highest BCUT2D eigenvalue weighted by atomic mass is 32.2. The van der Waals surface area contributed by atoms with Crippen molar-refractivity contribution in [1.82, 2.24) is 0 Å². The highest BCUT2D eigenvalue weighted by molar-refractivity contribution is 8.03. The van der Waals surface area contributed by atoms with Crippen LogP contribution in [0.2, 0.25) is 0 Å². The minimum absolute atomic E-state index is 0.997. The van der Waals surface area contributed by atoms with E-state index in [0.29, 0.717) is 0 Å². The maximum Gasteiger partial charge on any atom is 0.0344 e. The average molecular weight is 847 g/mol. The van der Waals surface area contributed by atoms with Gasteiger partial charge < -0.3 is 0 Å². The standard InChI is InChI=1S/C54H101S3/c1-5-9-12-15-18-21-24-27-30-33-36-39-42-46-55-52-49-51(45-8-4)50-53(56-47-43-40-37-34-31-28-25-22-19-16-13-10-6-2)54(52)57-48-44-41-38-35-32-29-26-23-20-17-14-11-7-3/h49-50H,4-48H2,1-3H3. The van der Waals surface area contributed by atoms with Crippen LogP contribution in [-0.4, -0.2) is 17.3 Å². The van der Waals surface area contributed by atoms with Crippen LogP contribution in [0.25, 0.3) is 0 Å². The van der Waals surface area contributed by atoms with E-state index in [2.05, 4.69) is 75.1 Å². The summed E-state index contributed by atoms with van der Waals surface area (Å²) in [5, 5.41) is 0. The van der Waals surface area contributed by atoms with Crippen molar-refractivity contribution in [2.45, 2.75) is 299 Å². The molecule has 0 aliphatic carbocycles. The van der Waals surface area contributed by atoms with E-state index in [1.165, 1.54) is 273 Å². The number of aryl methyl sites for hydroxylation is 1. The number of rotatable bonds is 47. The summed E-state index contributed by atoms with van der Waals surface area (Å²) < 4.78 is 0. The average Bonchev–Trinajstić information content (AvgIpc) is 3.22. The molecule has 3 heteroatoms. The predicted molar refractivity (Wildman–Crippen MR) is 269 cm³/mol. The Labute approximate surface area is 373 Å². The fourth-order valence-corrected chi connectivity index (χ4v) is 12.0. The van der Waals surface area contributed by atoms with Gasteiger partial charge in [-0.3, -0.25) is 0 Å². The van der Waals surface area contributed by atoms with Crippen LogP contribution < -0.4 is 0 Å². The summed E-state index contributed by atoms with van der Waals surface area (Å²) in [5.41, 5.74) is 1.52. The van der Waals surface area contributed by atoms with Gasteiger partial charge in [0.15, 0.2) is 0 Å². The molecule has 0 bridgehead atoms. The zero-order chi connectivity index (χ0) is 41.0. The minimum Gasteiger partial charge on any atom is -0.125 e. The molecule has 0 unspecified atom stereocenters. The van der Waals surface area contributed by atoms with Gasteiger partial charge in [-0.1, -0.05) is 259 Å². The molecule has 0 aromatic heterocycles. The highest BCUT2D eigenvalue weighted by Crippen LogP contribution is 2.41. The lowest BCUT2D eigenvalue weighted by Crippen LogP contribution is -1.94. The smallest absolute Gasteiger partial charge is 0.0344 e. The van der Waals surface area contributed by atoms with E-state index in [1.807, 2.05) is 0 Å². The molecular weight excluding hydrogens is 745 g/mol. The summed E-state index contributed by atoms with van der Waals surface area (Å²) >= 11 is 6.56. The maximum absolute atomic E-state index is 4.25. The molecule has 0 nitrogen and oxygen atoms in total. The monoisotopic (exact) mass is 846 g/mol. The van der Waals surface area contributed by atoms with Crippen LogP contribution in [-0.2, 0) is 6.42 Å². The summed E-state index contributed by atoms with van der Waals surface area (Å²) in [6.45, 7) is 11.2. The van der Waals surface area contributed by atoms with Gasteiger partial charge in [0.1, 0.15) is 0 Å². The molecule has 0 saturated carbocycles. The van der Waals surface area contributed by atoms with Crippen LogP contribution >= 0.6 is 35.3 Å². The normalized spacial score (nSPS) is 11.6. The molecule has 57 heavy (non-hydrogen) atoms. The maximum atomic E-state index is 4.25. The van der Waals surface area contributed by atoms with Crippen molar-refractivity contribution in [2.24, 2.45) is 0 Å². The molecule has 0 atom stereocenters. The molecule has 1 aromatic carbocycles. The number of unbranched alkanes of at least 4 members (excludes halogenated alkanes) is 36. The third kappa shape index (κ3) is 36.6. The predicted octanol–water partition coefficient (Wildman–Crippen LogP) is 21.0. The Morgan fingerprint density at radius 3 is 0.789 bits per heavy atom. The molecule has 1 aromatic rings. The topological polar surface area (TPSA) is 0 Å². The molecule has 335 valence electrons. The lowest BCUT2D eigenvalue weighted by atomic mass is 10.1. The first-order chi connectivity index (χ1) is 28.3. The highest BCUT2D eigenvalue weighted by Gasteiger charge is 2.14. The lowest BCUT2D eigenvalue weighted by molar-refractivity contribution is 0.543. The van der Waals surface area contributed by atoms with E-state index >= 15 is 0 Å². The SMILES string of the molecule is [CH2]CCc1cc(SCCCCCCCCCCCCCCC)c(SCCCCCCCCCCCCCCC)c(SCCCCCCCCCCCCCCC)c1. The van der Waals surface area contributed by atoms with Gasteiger partial charge in [-0.25, -0.2) is 0 Å². The van der Waals surface area contributed by atoms with E-state index in [1.54, 1.807) is 14.7 Å². The molecule has 0 N–H and O–H groups in total. The van der Waals surface area contributed by atoms with Crippen molar-refractivity contribution in [2.75, 3.05) is 17.3 Å². The molecule has 1 radical (unpaired) electrons. The zero-order valence-corrected chi connectivity index (χ0v) is 41.6. The van der Waals surface area contributed by atoms with Crippen LogP contribution in [0.15, 0.2) is 26.8 Å². The first-order valence-electron chi connectivity index (χ1n) is 26.1. The molecule has 0 aliphatic rings. The largest absolute Gasteiger partial charge is 0.125 e. The summed E-state index contributed by atoms with van der Waals surface area (Å²) in [6.07, 6.45) is 58.1. The second kappa shape index (κ2) is 45.8. The van der Waals surface area contributed by atoms with Crippen molar-refractivity contribution >= 4 is 35.3 Å². The third-order valence-corrected chi connectivity index (χ3v) is 15.8. The van der Waals surface area contributed by atoms with E-state index in [-0.39, 0.29) is 0 Å². The van der Waals surface area contributed by atoms with Crippen LogP contribution in [0.5, 0.6) is 0 Å². The van der Waals surface area contributed by atoms with Crippen LogP contribution in [0.3, 0.4) is 0 Å². The van der Waals surface area contributed by atoms with Crippen molar-refractivity contribution in [1.29, 1.82) is 0 Å². The van der Waals surface area contributed by atoms with Gasteiger partial charge in [0.25, 0.3) is 0 Å². The van der Waals surface area contributed by atoms with Gasteiger partial charge in [-0.15, -0.1) is 35.3 Å². The van der Waals surface area contributed by atoms with Gasteiger partial charge in [0, 0.05) is 14.7 Å². The number of benzene rings is 1. The molecule has 0 saturated heterocycles. The van der Waals surface area contributed by atoms with Crippen LogP contribution in [0.4, 0.5) is 0 Å². The summed E-state index contributed by atoms with van der Waals surface area (Å²) in [7, 11) is 0. The van der Waals surface area contributed by atoms with Crippen molar-refractivity contribution in [3.63, 3.8) is 0 Å². The molecule has 1 rings (SSSR count). The Morgan fingerprint density at radius 2 is 0.544 bits per heavy atom. The number of hydrogen-bond donors (Lipinski definition) is 0. The van der Waals surface area contributed by atoms with Gasteiger partial charge in [-0.2, -0.15) is 0 Å². The van der Waals surface area contributed by atoms with Crippen molar-refractivity contribution in [3.8, 4) is 0 Å². The van der Waals surface area contributed by atoms with Gasteiger partial charge in [-0.05, 0) is 67.1 Å². The first-order valence-corrected chi connectivity index (χ1v) is 29.1.